The van der Waals surface area contributed by atoms with E-state index in [2.05, 4.69) is 27.0 Å². The Morgan fingerprint density at radius 3 is 2.90 bits per heavy atom. The van der Waals surface area contributed by atoms with Crippen molar-refractivity contribution in [1.82, 2.24) is 14.9 Å². The molecule has 2 aliphatic rings. The number of piperidine rings is 1. The second kappa shape index (κ2) is 6.83. The van der Waals surface area contributed by atoms with Crippen molar-refractivity contribution >= 4 is 17.6 Å². The van der Waals surface area contributed by atoms with Gasteiger partial charge in [0.15, 0.2) is 5.82 Å². The molecule has 5 nitrogen and oxygen atoms in total. The minimum absolute atomic E-state index is 0.00668. The first-order valence-electron chi connectivity index (χ1n) is 7.84. The molecule has 0 radical (unpaired) electrons. The molecule has 0 aliphatic carbocycles. The summed E-state index contributed by atoms with van der Waals surface area (Å²) in [6.45, 7) is 1.83. The zero-order valence-electron chi connectivity index (χ0n) is 12.6. The van der Waals surface area contributed by atoms with E-state index in [-0.39, 0.29) is 5.56 Å². The molecule has 1 unspecified atom stereocenters. The van der Waals surface area contributed by atoms with Gasteiger partial charge in [-0.25, -0.2) is 4.98 Å². The molecule has 3 heterocycles. The average Bonchev–Trinajstić information content (AvgIpc) is 2.51. The molecule has 1 aromatic heterocycles. The highest BCUT2D eigenvalue weighted by Gasteiger charge is 2.25. The maximum atomic E-state index is 12.2. The first-order valence-corrected chi connectivity index (χ1v) is 9.00. The molecule has 0 bridgehead atoms. The van der Waals surface area contributed by atoms with Crippen molar-refractivity contribution in [3.63, 3.8) is 0 Å². The number of anilines is 1. The van der Waals surface area contributed by atoms with Crippen molar-refractivity contribution in [2.45, 2.75) is 37.8 Å². The Morgan fingerprint density at radius 2 is 2.10 bits per heavy atom. The Balaban J connectivity index is 1.65. The van der Waals surface area contributed by atoms with Crippen molar-refractivity contribution in [2.75, 3.05) is 29.5 Å². The Hall–Kier alpha value is -1.01. The minimum Gasteiger partial charge on any atom is -0.350 e. The predicted molar refractivity (Wildman–Crippen MR) is 88.2 cm³/mol. The van der Waals surface area contributed by atoms with Crippen LogP contribution >= 0.6 is 11.8 Å². The van der Waals surface area contributed by atoms with Crippen LogP contribution in [0.3, 0.4) is 0 Å². The summed E-state index contributed by atoms with van der Waals surface area (Å²) in [5, 5.41) is 3.80. The molecule has 1 N–H and O–H groups in total. The number of nitrogens with one attached hydrogen (secondary N) is 1. The van der Waals surface area contributed by atoms with E-state index in [1.54, 1.807) is 24.0 Å². The summed E-state index contributed by atoms with van der Waals surface area (Å²) in [7, 11) is 1.78. The molecule has 116 valence electrons. The van der Waals surface area contributed by atoms with Gasteiger partial charge in [0, 0.05) is 44.6 Å². The molecule has 3 rings (SSSR count). The second-order valence-electron chi connectivity index (χ2n) is 6.01. The van der Waals surface area contributed by atoms with Gasteiger partial charge in [0.05, 0.1) is 0 Å². The summed E-state index contributed by atoms with van der Waals surface area (Å²) in [6, 6.07) is 1.14. The SMILES string of the molecule is Cn1ccnc(N2CCCC(NC3CCSCC3)C2)c1=O. The van der Waals surface area contributed by atoms with Crippen LogP contribution in [0.2, 0.25) is 0 Å². The largest absolute Gasteiger partial charge is 0.350 e. The van der Waals surface area contributed by atoms with E-state index in [0.29, 0.717) is 17.9 Å². The molecule has 0 saturated carbocycles. The summed E-state index contributed by atoms with van der Waals surface area (Å²) in [5.41, 5.74) is 0.00668. The van der Waals surface area contributed by atoms with E-state index in [1.807, 2.05) is 0 Å². The number of nitrogens with zero attached hydrogens (tertiary/aromatic N) is 3. The summed E-state index contributed by atoms with van der Waals surface area (Å²) in [4.78, 5) is 18.7. The van der Waals surface area contributed by atoms with Crippen LogP contribution in [-0.2, 0) is 7.05 Å². The first-order chi connectivity index (χ1) is 10.2. The number of aromatic nitrogens is 2. The number of aryl methyl sites for hydroxylation is 1. The van der Waals surface area contributed by atoms with E-state index in [1.165, 1.54) is 30.8 Å². The van der Waals surface area contributed by atoms with Gasteiger partial charge in [-0.2, -0.15) is 11.8 Å². The van der Waals surface area contributed by atoms with Crippen molar-refractivity contribution in [1.29, 1.82) is 0 Å². The van der Waals surface area contributed by atoms with E-state index < -0.39 is 0 Å². The van der Waals surface area contributed by atoms with E-state index in [4.69, 9.17) is 0 Å². The fourth-order valence-corrected chi connectivity index (χ4v) is 4.31. The van der Waals surface area contributed by atoms with Crippen molar-refractivity contribution in [2.24, 2.45) is 7.05 Å². The van der Waals surface area contributed by atoms with E-state index in [0.717, 1.165) is 19.5 Å². The zero-order valence-corrected chi connectivity index (χ0v) is 13.4. The standard InChI is InChI=1S/C15H24N4OS/c1-18-8-6-16-14(15(18)20)19-7-2-3-13(11-19)17-12-4-9-21-10-5-12/h6,8,12-13,17H,2-5,7,9-11H2,1H3. The molecular formula is C15H24N4OS. The first kappa shape index (κ1) is 14.9. The quantitative estimate of drug-likeness (QED) is 0.910. The predicted octanol–water partition coefficient (Wildman–Crippen LogP) is 1.23. The lowest BCUT2D eigenvalue weighted by Gasteiger charge is -2.36. The molecule has 1 aromatic rings. The van der Waals surface area contributed by atoms with Crippen LogP contribution in [0.1, 0.15) is 25.7 Å². The van der Waals surface area contributed by atoms with Gasteiger partial charge in [0.2, 0.25) is 0 Å². The lowest BCUT2D eigenvalue weighted by molar-refractivity contribution is 0.359. The molecule has 2 aliphatic heterocycles. The number of rotatable bonds is 3. The molecule has 1 atom stereocenters. The van der Waals surface area contributed by atoms with Crippen LogP contribution < -0.4 is 15.8 Å². The van der Waals surface area contributed by atoms with Crippen LogP contribution in [0.5, 0.6) is 0 Å². The topological polar surface area (TPSA) is 50.2 Å². The van der Waals surface area contributed by atoms with Crippen LogP contribution in [0.15, 0.2) is 17.2 Å². The fraction of sp³-hybridized carbons (Fsp3) is 0.733. The van der Waals surface area contributed by atoms with Crippen LogP contribution in [0.4, 0.5) is 5.82 Å². The maximum Gasteiger partial charge on any atom is 0.293 e. The van der Waals surface area contributed by atoms with Crippen LogP contribution in [0.25, 0.3) is 0 Å². The molecule has 21 heavy (non-hydrogen) atoms. The van der Waals surface area contributed by atoms with Gasteiger partial charge in [0.1, 0.15) is 0 Å². The van der Waals surface area contributed by atoms with Crippen LogP contribution in [-0.4, -0.2) is 46.2 Å². The number of hydrogen-bond acceptors (Lipinski definition) is 5. The molecule has 2 saturated heterocycles. The van der Waals surface area contributed by atoms with Gasteiger partial charge in [-0.1, -0.05) is 0 Å². The molecule has 6 heteroatoms. The monoisotopic (exact) mass is 308 g/mol. The van der Waals surface area contributed by atoms with Crippen molar-refractivity contribution in [3.8, 4) is 0 Å². The van der Waals surface area contributed by atoms with Gasteiger partial charge in [-0.05, 0) is 37.2 Å². The summed E-state index contributed by atoms with van der Waals surface area (Å²) in [6.07, 6.45) is 8.29. The Kier molecular flexibility index (Phi) is 4.85. The normalized spacial score (nSPS) is 24.2. The second-order valence-corrected chi connectivity index (χ2v) is 7.23. The molecule has 0 amide bonds. The third-order valence-corrected chi connectivity index (χ3v) is 5.46. The summed E-state index contributed by atoms with van der Waals surface area (Å²) >= 11 is 2.06. The number of thioether (sulfide) groups is 1. The van der Waals surface area contributed by atoms with Gasteiger partial charge in [-0.15, -0.1) is 0 Å². The molecular weight excluding hydrogens is 284 g/mol. The summed E-state index contributed by atoms with van der Waals surface area (Å²) in [5.74, 6) is 3.15. The van der Waals surface area contributed by atoms with Crippen LogP contribution in [0, 0.1) is 0 Å². The zero-order chi connectivity index (χ0) is 14.7. The van der Waals surface area contributed by atoms with Crippen molar-refractivity contribution in [3.05, 3.63) is 22.7 Å². The van der Waals surface area contributed by atoms with Crippen molar-refractivity contribution < 1.29 is 0 Å². The van der Waals surface area contributed by atoms with Gasteiger partial charge in [-0.3, -0.25) is 4.79 Å². The highest BCUT2D eigenvalue weighted by atomic mass is 32.2. The number of hydrogen-bond donors (Lipinski definition) is 1. The van der Waals surface area contributed by atoms with Gasteiger partial charge < -0.3 is 14.8 Å². The Morgan fingerprint density at radius 1 is 1.29 bits per heavy atom. The Labute approximate surface area is 130 Å². The highest BCUT2D eigenvalue weighted by Crippen LogP contribution is 2.20. The highest BCUT2D eigenvalue weighted by molar-refractivity contribution is 7.99. The van der Waals surface area contributed by atoms with E-state index >= 15 is 0 Å². The lowest BCUT2D eigenvalue weighted by Crippen LogP contribution is -2.51. The van der Waals surface area contributed by atoms with Gasteiger partial charge in [0.25, 0.3) is 5.56 Å². The average molecular weight is 308 g/mol. The van der Waals surface area contributed by atoms with E-state index in [9.17, 15) is 4.79 Å². The smallest absolute Gasteiger partial charge is 0.293 e. The molecule has 0 spiro atoms. The molecule has 2 fully saturated rings. The third kappa shape index (κ3) is 3.61. The fourth-order valence-electron chi connectivity index (χ4n) is 3.20. The Bertz CT molecular complexity index is 527. The maximum absolute atomic E-state index is 12.2. The lowest BCUT2D eigenvalue weighted by atomic mass is 10.0. The third-order valence-electron chi connectivity index (χ3n) is 4.41. The van der Waals surface area contributed by atoms with Gasteiger partial charge >= 0.3 is 0 Å². The summed E-state index contributed by atoms with van der Waals surface area (Å²) < 4.78 is 1.61. The minimum atomic E-state index is 0.00668. The molecule has 0 aromatic carbocycles.